The van der Waals surface area contributed by atoms with Gasteiger partial charge in [-0.15, -0.1) is 0 Å². The Kier molecular flexibility index (Phi) is 9.56. The Morgan fingerprint density at radius 1 is 0.912 bits per heavy atom. The fraction of sp³-hybridized carbons (Fsp3) is 0.250. The maximum Gasteiger partial charge on any atom is 0.367 e. The van der Waals surface area contributed by atoms with Crippen LogP contribution >= 0.6 is 39.5 Å². The van der Waals surface area contributed by atoms with Gasteiger partial charge in [0.15, 0.2) is 12.1 Å². The van der Waals surface area contributed by atoms with E-state index in [4.69, 9.17) is 18.5 Å². The van der Waals surface area contributed by atoms with Gasteiger partial charge in [-0.25, -0.2) is 4.39 Å². The van der Waals surface area contributed by atoms with Gasteiger partial charge in [-0.2, -0.15) is 0 Å². The second kappa shape index (κ2) is 12.2. The first-order valence-corrected chi connectivity index (χ1v) is 13.8. The van der Waals surface area contributed by atoms with Crippen LogP contribution in [0.2, 0.25) is 0 Å². The summed E-state index contributed by atoms with van der Waals surface area (Å²) in [5, 5.41) is 10.3. The minimum Gasteiger partial charge on any atom is -0.508 e. The highest BCUT2D eigenvalue weighted by Crippen LogP contribution is 2.48. The number of hydrogen-bond acceptors (Lipinski definition) is 6. The van der Waals surface area contributed by atoms with Crippen molar-refractivity contribution in [1.82, 2.24) is 0 Å². The second-order valence-corrected chi connectivity index (χ2v) is 10.8. The van der Waals surface area contributed by atoms with Crippen molar-refractivity contribution in [2.45, 2.75) is 20.3 Å². The fourth-order valence-electron chi connectivity index (χ4n) is 3.08. The molecule has 1 N–H and O–H groups in total. The predicted molar refractivity (Wildman–Crippen MR) is 136 cm³/mol. The van der Waals surface area contributed by atoms with Crippen LogP contribution in [0.4, 0.5) is 4.39 Å². The molecule has 0 bridgehead atoms. The first-order valence-electron chi connectivity index (χ1n) is 10.5. The van der Waals surface area contributed by atoms with Crippen molar-refractivity contribution in [2.75, 3.05) is 19.6 Å². The molecule has 0 aliphatic rings. The molecule has 0 saturated heterocycles. The quantitative estimate of drug-likeness (QED) is 0.220. The molecule has 0 amide bonds. The molecule has 3 aromatic rings. The zero-order chi connectivity index (χ0) is 24.7. The van der Waals surface area contributed by atoms with E-state index >= 15 is 0 Å². The Morgan fingerprint density at radius 3 is 2.12 bits per heavy atom. The Balaban J connectivity index is 1.75. The zero-order valence-corrected chi connectivity index (χ0v) is 22.7. The Bertz CT molecular complexity index is 1140. The third-order valence-electron chi connectivity index (χ3n) is 4.59. The van der Waals surface area contributed by atoms with E-state index in [0.717, 1.165) is 5.56 Å². The molecule has 3 rings (SSSR count). The molecule has 0 aliphatic heterocycles. The molecule has 3 aromatic carbocycles. The maximum atomic E-state index is 13.2. The highest BCUT2D eigenvalue weighted by molar-refractivity contribution is 9.11. The summed E-state index contributed by atoms with van der Waals surface area (Å²) in [6, 6.07) is 14.4. The van der Waals surface area contributed by atoms with Crippen LogP contribution in [-0.4, -0.2) is 24.7 Å². The average Bonchev–Trinajstić information content (AvgIpc) is 2.79. The van der Waals surface area contributed by atoms with Crippen molar-refractivity contribution in [3.05, 3.63) is 80.5 Å². The summed E-state index contributed by atoms with van der Waals surface area (Å²) in [5.74, 6) is 1.23. The summed E-state index contributed by atoms with van der Waals surface area (Å²) < 4.78 is 49.2. The lowest BCUT2D eigenvalue weighted by Gasteiger charge is -2.18. The molecule has 0 radical (unpaired) electrons. The van der Waals surface area contributed by atoms with Crippen molar-refractivity contribution in [1.29, 1.82) is 0 Å². The van der Waals surface area contributed by atoms with E-state index in [-0.39, 0.29) is 31.1 Å². The van der Waals surface area contributed by atoms with E-state index in [0.29, 0.717) is 38.2 Å². The van der Waals surface area contributed by atoms with Gasteiger partial charge in [0.1, 0.15) is 23.1 Å². The van der Waals surface area contributed by atoms with Crippen molar-refractivity contribution < 1.29 is 32.6 Å². The molecule has 0 spiro atoms. The molecule has 0 aromatic heterocycles. The largest absolute Gasteiger partial charge is 0.508 e. The summed E-state index contributed by atoms with van der Waals surface area (Å²) in [4.78, 5) is 0. The smallest absolute Gasteiger partial charge is 0.367 e. The van der Waals surface area contributed by atoms with Crippen LogP contribution in [0.25, 0.3) is 0 Å². The fourth-order valence-corrected chi connectivity index (χ4v) is 5.71. The number of rotatable bonds is 11. The molecular formula is C24H24Br2FO6P. The zero-order valence-electron chi connectivity index (χ0n) is 18.6. The van der Waals surface area contributed by atoms with E-state index in [2.05, 4.69) is 31.9 Å². The van der Waals surface area contributed by atoms with E-state index in [1.54, 1.807) is 56.3 Å². The van der Waals surface area contributed by atoms with Gasteiger partial charge < -0.3 is 23.6 Å². The van der Waals surface area contributed by atoms with E-state index in [1.165, 1.54) is 12.1 Å². The highest BCUT2D eigenvalue weighted by atomic mass is 79.9. The summed E-state index contributed by atoms with van der Waals surface area (Å²) in [7, 11) is -3.35. The van der Waals surface area contributed by atoms with Crippen LogP contribution in [-0.2, 0) is 20.0 Å². The molecule has 34 heavy (non-hydrogen) atoms. The van der Waals surface area contributed by atoms with Crippen LogP contribution in [0.3, 0.4) is 0 Å². The van der Waals surface area contributed by atoms with Crippen molar-refractivity contribution in [2.24, 2.45) is 0 Å². The van der Waals surface area contributed by atoms with Crippen LogP contribution in [0, 0.1) is 5.82 Å². The monoisotopic (exact) mass is 616 g/mol. The molecule has 0 atom stereocenters. The molecule has 0 heterocycles. The van der Waals surface area contributed by atoms with Gasteiger partial charge in [0.05, 0.1) is 22.2 Å². The number of ether oxygens (including phenoxy) is 2. The van der Waals surface area contributed by atoms with Crippen LogP contribution in [0.5, 0.6) is 23.0 Å². The third kappa shape index (κ3) is 7.30. The molecule has 0 aliphatic carbocycles. The number of phenolic OH excluding ortho intramolecular Hbond substituents is 1. The third-order valence-corrected chi connectivity index (χ3v) is 7.52. The number of benzene rings is 3. The average molecular weight is 618 g/mol. The van der Waals surface area contributed by atoms with Gasteiger partial charge in [0.25, 0.3) is 0 Å². The number of halogens is 3. The van der Waals surface area contributed by atoms with Crippen LogP contribution in [0.15, 0.2) is 63.5 Å². The topological polar surface area (TPSA) is 74.2 Å². The first kappa shape index (κ1) is 26.7. The van der Waals surface area contributed by atoms with Crippen molar-refractivity contribution >= 4 is 39.5 Å². The highest BCUT2D eigenvalue weighted by Gasteiger charge is 2.25. The molecule has 0 unspecified atom stereocenters. The molecule has 182 valence electrons. The Labute approximate surface area is 214 Å². The lowest BCUT2D eigenvalue weighted by molar-refractivity contribution is 0.197. The molecule has 0 fully saturated rings. The van der Waals surface area contributed by atoms with Crippen LogP contribution < -0.4 is 9.47 Å². The minimum atomic E-state index is -3.35. The van der Waals surface area contributed by atoms with E-state index in [9.17, 15) is 14.1 Å². The first-order chi connectivity index (χ1) is 16.2. The van der Waals surface area contributed by atoms with Crippen molar-refractivity contribution in [3.63, 3.8) is 0 Å². The minimum absolute atomic E-state index is 0.117. The second-order valence-electron chi connectivity index (χ2n) is 7.13. The van der Waals surface area contributed by atoms with E-state index in [1.807, 2.05) is 0 Å². The Morgan fingerprint density at radius 2 is 1.53 bits per heavy atom. The molecule has 0 saturated carbocycles. The lowest BCUT2D eigenvalue weighted by Crippen LogP contribution is -2.05. The summed E-state index contributed by atoms with van der Waals surface area (Å²) in [6.07, 6.45) is 0.191. The van der Waals surface area contributed by atoms with Gasteiger partial charge >= 0.3 is 7.60 Å². The van der Waals surface area contributed by atoms with Crippen LogP contribution in [0.1, 0.15) is 25.0 Å². The normalized spacial score (nSPS) is 11.4. The Hall–Kier alpha value is -1.90. The number of hydrogen-bond donors (Lipinski definition) is 1. The maximum absolute atomic E-state index is 13.2. The lowest BCUT2D eigenvalue weighted by atomic mass is 10.0. The molecule has 10 heteroatoms. The number of aromatic hydroxyl groups is 1. The van der Waals surface area contributed by atoms with Gasteiger partial charge in [0, 0.05) is 12.0 Å². The standard InChI is InChI=1S/C24H24Br2FO6P/c1-3-31-34(29,32-4-2)15-30-20-13-21(25)24(22(26)14-20)33-19-9-10-23(28)17(12-19)11-16-5-7-18(27)8-6-16/h5-10,12-14,28H,3-4,11,15H2,1-2H3. The predicted octanol–water partition coefficient (Wildman–Crippen LogP) is 8.04. The number of phenols is 1. The van der Waals surface area contributed by atoms with Crippen molar-refractivity contribution in [3.8, 4) is 23.0 Å². The van der Waals surface area contributed by atoms with Gasteiger partial charge in [-0.05, 0) is 93.7 Å². The summed E-state index contributed by atoms with van der Waals surface area (Å²) in [6.45, 7) is 3.96. The van der Waals surface area contributed by atoms with Gasteiger partial charge in [0.2, 0.25) is 0 Å². The molecular weight excluding hydrogens is 594 g/mol. The molecule has 6 nitrogen and oxygen atoms in total. The van der Waals surface area contributed by atoms with Gasteiger partial charge in [-0.3, -0.25) is 4.57 Å². The summed E-state index contributed by atoms with van der Waals surface area (Å²) >= 11 is 6.96. The van der Waals surface area contributed by atoms with Gasteiger partial charge in [-0.1, -0.05) is 12.1 Å². The SMILES string of the molecule is CCOP(=O)(COc1cc(Br)c(Oc2ccc(O)c(Cc3ccc(F)cc3)c2)c(Br)c1)OCC. The summed E-state index contributed by atoms with van der Waals surface area (Å²) in [5.41, 5.74) is 1.49. The van der Waals surface area contributed by atoms with E-state index < -0.39 is 7.60 Å².